The number of benzene rings is 1. The zero-order valence-corrected chi connectivity index (χ0v) is 14.3. The van der Waals surface area contributed by atoms with Crippen molar-refractivity contribution in [3.63, 3.8) is 0 Å². The normalized spacial score (nSPS) is 12.7. The van der Waals surface area contributed by atoms with Gasteiger partial charge in [-0.05, 0) is 32.4 Å². The van der Waals surface area contributed by atoms with Crippen LogP contribution in [0.25, 0.3) is 0 Å². The molecule has 0 aliphatic heterocycles. The van der Waals surface area contributed by atoms with Crippen LogP contribution in [0.15, 0.2) is 24.3 Å². The summed E-state index contributed by atoms with van der Waals surface area (Å²) in [4.78, 5) is 23.7. The van der Waals surface area contributed by atoms with Crippen molar-refractivity contribution in [3.05, 3.63) is 35.4 Å². The Bertz CT molecular complexity index is 487. The Morgan fingerprint density at radius 1 is 1.14 bits per heavy atom. The summed E-state index contributed by atoms with van der Waals surface area (Å²) >= 11 is 0. The van der Waals surface area contributed by atoms with Crippen molar-refractivity contribution >= 4 is 24.2 Å². The van der Waals surface area contributed by atoms with Gasteiger partial charge in [-0.2, -0.15) is 0 Å². The second kappa shape index (κ2) is 9.43. The largest absolute Gasteiger partial charge is 0.353 e. The molecule has 1 rings (SSSR count). The van der Waals surface area contributed by atoms with Crippen LogP contribution in [0.3, 0.4) is 0 Å². The molecule has 0 saturated heterocycles. The molecule has 2 amide bonds. The lowest BCUT2D eigenvalue weighted by molar-refractivity contribution is -0.126. The first-order chi connectivity index (χ1) is 9.86. The average molecular weight is 328 g/mol. The molecule has 1 atom stereocenters. The molecule has 0 bridgehead atoms. The van der Waals surface area contributed by atoms with E-state index in [0.717, 1.165) is 12.0 Å². The van der Waals surface area contributed by atoms with Crippen molar-refractivity contribution in [3.8, 4) is 0 Å². The van der Waals surface area contributed by atoms with Crippen LogP contribution in [0, 0.1) is 6.92 Å². The Morgan fingerprint density at radius 2 is 1.68 bits per heavy atom. The van der Waals surface area contributed by atoms with E-state index in [1.165, 1.54) is 0 Å². The van der Waals surface area contributed by atoms with Crippen LogP contribution in [0.5, 0.6) is 0 Å². The molecule has 0 fully saturated rings. The summed E-state index contributed by atoms with van der Waals surface area (Å²) in [7, 11) is 0. The summed E-state index contributed by atoms with van der Waals surface area (Å²) in [6, 6.07) is 7.34. The maximum absolute atomic E-state index is 11.9. The molecule has 1 unspecified atom stereocenters. The number of rotatable bonds is 7. The highest BCUT2D eigenvalue weighted by Crippen LogP contribution is 2.07. The number of amides is 2. The summed E-state index contributed by atoms with van der Waals surface area (Å²) in [5.74, 6) is -0.331. The van der Waals surface area contributed by atoms with Crippen molar-refractivity contribution in [1.29, 1.82) is 0 Å². The van der Waals surface area contributed by atoms with Gasteiger partial charge >= 0.3 is 0 Å². The first-order valence-electron chi connectivity index (χ1n) is 7.29. The van der Waals surface area contributed by atoms with Crippen molar-refractivity contribution in [1.82, 2.24) is 10.6 Å². The van der Waals surface area contributed by atoms with Crippen molar-refractivity contribution in [2.45, 2.75) is 39.2 Å². The Kier molecular flexibility index (Phi) is 8.75. The molecule has 0 radical (unpaired) electrons. The van der Waals surface area contributed by atoms with E-state index in [9.17, 15) is 9.59 Å². The Labute approximate surface area is 138 Å². The second-order valence-corrected chi connectivity index (χ2v) is 5.55. The van der Waals surface area contributed by atoms with E-state index >= 15 is 0 Å². The smallest absolute Gasteiger partial charge is 0.251 e. The molecule has 0 aliphatic rings. The maximum Gasteiger partial charge on any atom is 0.251 e. The van der Waals surface area contributed by atoms with Gasteiger partial charge in [0, 0.05) is 18.7 Å². The molecule has 124 valence electrons. The number of aryl methyl sites for hydroxylation is 1. The highest BCUT2D eigenvalue weighted by Gasteiger charge is 2.26. The SMILES string of the molecule is CCCC(C)(N)C(=O)NCCNC(=O)c1ccc(C)cc1.Cl. The van der Waals surface area contributed by atoms with Crippen molar-refractivity contribution in [2.75, 3.05) is 13.1 Å². The lowest BCUT2D eigenvalue weighted by atomic mass is 9.97. The van der Waals surface area contributed by atoms with Crippen molar-refractivity contribution < 1.29 is 9.59 Å². The molecule has 0 heterocycles. The van der Waals surface area contributed by atoms with Gasteiger partial charge in [-0.1, -0.05) is 31.0 Å². The first kappa shape index (κ1) is 20.4. The van der Waals surface area contributed by atoms with Gasteiger partial charge in [0.05, 0.1) is 5.54 Å². The minimum Gasteiger partial charge on any atom is -0.353 e. The van der Waals surface area contributed by atoms with Crippen LogP contribution in [-0.2, 0) is 4.79 Å². The van der Waals surface area contributed by atoms with Gasteiger partial charge in [0.2, 0.25) is 5.91 Å². The highest BCUT2D eigenvalue weighted by atomic mass is 35.5. The van der Waals surface area contributed by atoms with Crippen LogP contribution >= 0.6 is 12.4 Å². The molecule has 0 spiro atoms. The van der Waals surface area contributed by atoms with E-state index in [4.69, 9.17) is 5.73 Å². The molecule has 4 N–H and O–H groups in total. The quantitative estimate of drug-likeness (QED) is 0.667. The minimum absolute atomic E-state index is 0. The van der Waals surface area contributed by atoms with Crippen LogP contribution in [-0.4, -0.2) is 30.4 Å². The summed E-state index contributed by atoms with van der Waals surface area (Å²) in [6.07, 6.45) is 1.49. The molecule has 0 aliphatic carbocycles. The summed E-state index contributed by atoms with van der Waals surface area (Å²) < 4.78 is 0. The van der Waals surface area contributed by atoms with E-state index in [2.05, 4.69) is 10.6 Å². The van der Waals surface area contributed by atoms with E-state index in [1.807, 2.05) is 26.0 Å². The zero-order chi connectivity index (χ0) is 15.9. The predicted octanol–water partition coefficient (Wildman–Crippen LogP) is 1.78. The monoisotopic (exact) mass is 327 g/mol. The number of nitrogens with two attached hydrogens (primary N) is 1. The third-order valence-electron chi connectivity index (χ3n) is 3.30. The van der Waals surface area contributed by atoms with Crippen LogP contribution in [0.2, 0.25) is 0 Å². The second-order valence-electron chi connectivity index (χ2n) is 5.55. The van der Waals surface area contributed by atoms with Gasteiger partial charge < -0.3 is 16.4 Å². The Balaban J connectivity index is 0.00000441. The third-order valence-corrected chi connectivity index (χ3v) is 3.30. The van der Waals surface area contributed by atoms with E-state index in [0.29, 0.717) is 25.1 Å². The Hall–Kier alpha value is -1.59. The minimum atomic E-state index is -0.851. The van der Waals surface area contributed by atoms with Gasteiger partial charge in [-0.3, -0.25) is 9.59 Å². The van der Waals surface area contributed by atoms with Crippen molar-refractivity contribution in [2.24, 2.45) is 5.73 Å². The van der Waals surface area contributed by atoms with Gasteiger partial charge in [0.25, 0.3) is 5.91 Å². The lowest BCUT2D eigenvalue weighted by Crippen LogP contribution is -2.52. The molecule has 1 aromatic rings. The maximum atomic E-state index is 11.9. The fourth-order valence-electron chi connectivity index (χ4n) is 1.99. The fraction of sp³-hybridized carbons (Fsp3) is 0.500. The van der Waals surface area contributed by atoms with Gasteiger partial charge in [0.1, 0.15) is 0 Å². The molecule has 0 aromatic heterocycles. The number of hydrogen-bond acceptors (Lipinski definition) is 3. The predicted molar refractivity (Wildman–Crippen MR) is 91.3 cm³/mol. The first-order valence-corrected chi connectivity index (χ1v) is 7.29. The van der Waals surface area contributed by atoms with Gasteiger partial charge in [-0.15, -0.1) is 12.4 Å². The topological polar surface area (TPSA) is 84.2 Å². The number of carbonyl (C=O) groups is 2. The van der Waals surface area contributed by atoms with Crippen LogP contribution in [0.1, 0.15) is 42.6 Å². The third kappa shape index (κ3) is 6.45. The Morgan fingerprint density at radius 3 is 2.23 bits per heavy atom. The standard InChI is InChI=1S/C16H25N3O2.ClH/c1-4-9-16(3,17)15(21)19-11-10-18-14(20)13-7-5-12(2)6-8-13;/h5-8H,4,9-11,17H2,1-3H3,(H,18,20)(H,19,21);1H. The molecule has 0 saturated carbocycles. The van der Waals surface area contributed by atoms with Gasteiger partial charge in [0.15, 0.2) is 0 Å². The summed E-state index contributed by atoms with van der Waals surface area (Å²) in [6.45, 7) is 6.42. The van der Waals surface area contributed by atoms with E-state index < -0.39 is 5.54 Å². The lowest BCUT2D eigenvalue weighted by Gasteiger charge is -2.22. The average Bonchev–Trinajstić information content (AvgIpc) is 2.43. The fourth-order valence-corrected chi connectivity index (χ4v) is 1.99. The number of halogens is 1. The zero-order valence-electron chi connectivity index (χ0n) is 13.4. The van der Waals surface area contributed by atoms with Crippen LogP contribution < -0.4 is 16.4 Å². The molecular weight excluding hydrogens is 302 g/mol. The molecule has 1 aromatic carbocycles. The number of carbonyl (C=O) groups excluding carboxylic acids is 2. The van der Waals surface area contributed by atoms with E-state index in [-0.39, 0.29) is 24.2 Å². The highest BCUT2D eigenvalue weighted by molar-refractivity contribution is 5.94. The molecule has 6 heteroatoms. The number of nitrogens with one attached hydrogen (secondary N) is 2. The molecule has 5 nitrogen and oxygen atoms in total. The summed E-state index contributed by atoms with van der Waals surface area (Å²) in [5, 5.41) is 5.51. The van der Waals surface area contributed by atoms with E-state index in [1.54, 1.807) is 19.1 Å². The van der Waals surface area contributed by atoms with Crippen LogP contribution in [0.4, 0.5) is 0 Å². The summed E-state index contributed by atoms with van der Waals surface area (Å²) in [5.41, 5.74) is 6.79. The van der Waals surface area contributed by atoms with Gasteiger partial charge in [-0.25, -0.2) is 0 Å². The molecule has 22 heavy (non-hydrogen) atoms. The molecular formula is C16H26ClN3O2. The number of hydrogen-bond donors (Lipinski definition) is 3.